The molecule has 1 fully saturated rings. The van der Waals surface area contributed by atoms with Gasteiger partial charge < -0.3 is 10.1 Å². The van der Waals surface area contributed by atoms with E-state index in [4.69, 9.17) is 4.74 Å². The van der Waals surface area contributed by atoms with Crippen LogP contribution in [0.5, 0.6) is 5.75 Å². The average Bonchev–Trinajstić information content (AvgIpc) is 2.48. The molecule has 0 radical (unpaired) electrons. The first-order valence-corrected chi connectivity index (χ1v) is 7.15. The predicted molar refractivity (Wildman–Crippen MR) is 76.1 cm³/mol. The maximum absolute atomic E-state index is 12.2. The summed E-state index contributed by atoms with van der Waals surface area (Å²) in [6.07, 6.45) is 5.72. The Bertz CT molecular complexity index is 425. The van der Waals surface area contributed by atoms with Crippen molar-refractivity contribution in [2.24, 2.45) is 5.92 Å². The van der Waals surface area contributed by atoms with Crippen molar-refractivity contribution in [3.05, 3.63) is 29.8 Å². The van der Waals surface area contributed by atoms with Crippen LogP contribution in [0.25, 0.3) is 0 Å². The van der Waals surface area contributed by atoms with Crippen molar-refractivity contribution in [3.63, 3.8) is 0 Å². The molecule has 1 aromatic carbocycles. The number of rotatable bonds is 4. The summed E-state index contributed by atoms with van der Waals surface area (Å²) in [7, 11) is 1.66. The molecule has 1 aliphatic carbocycles. The molecular formula is C16H23NO2. The van der Waals surface area contributed by atoms with Crippen molar-refractivity contribution in [2.45, 2.75) is 45.1 Å². The summed E-state index contributed by atoms with van der Waals surface area (Å²) in [6.45, 7) is 2.02. The Kier molecular flexibility index (Phi) is 4.83. The number of hydrogen-bond donors (Lipinski definition) is 1. The molecule has 0 aliphatic heterocycles. The number of benzene rings is 1. The summed E-state index contributed by atoms with van der Waals surface area (Å²) in [6, 6.07) is 7.90. The zero-order chi connectivity index (χ0) is 13.7. The van der Waals surface area contributed by atoms with Crippen molar-refractivity contribution in [2.75, 3.05) is 7.11 Å². The third kappa shape index (κ3) is 3.72. The quantitative estimate of drug-likeness (QED) is 0.901. The Balaban J connectivity index is 1.95. The van der Waals surface area contributed by atoms with Gasteiger partial charge in [-0.15, -0.1) is 0 Å². The fourth-order valence-corrected chi connectivity index (χ4v) is 2.69. The van der Waals surface area contributed by atoms with Gasteiger partial charge in [-0.3, -0.25) is 4.79 Å². The van der Waals surface area contributed by atoms with Crippen LogP contribution in [0.15, 0.2) is 24.3 Å². The lowest BCUT2D eigenvalue weighted by molar-refractivity contribution is -0.126. The maximum Gasteiger partial charge on any atom is 0.223 e. The zero-order valence-corrected chi connectivity index (χ0v) is 11.8. The molecule has 1 amide bonds. The van der Waals surface area contributed by atoms with Crippen LogP contribution in [0.1, 0.15) is 50.6 Å². The lowest BCUT2D eigenvalue weighted by Crippen LogP contribution is -2.33. The fraction of sp³-hybridized carbons (Fsp3) is 0.562. The smallest absolute Gasteiger partial charge is 0.223 e. The minimum Gasteiger partial charge on any atom is -0.497 e. The first kappa shape index (κ1) is 13.9. The highest BCUT2D eigenvalue weighted by atomic mass is 16.5. The Hall–Kier alpha value is -1.51. The molecule has 1 aromatic rings. The van der Waals surface area contributed by atoms with Crippen LogP contribution in [0.4, 0.5) is 0 Å². The second kappa shape index (κ2) is 6.60. The Morgan fingerprint density at radius 2 is 2.05 bits per heavy atom. The summed E-state index contributed by atoms with van der Waals surface area (Å²) in [4.78, 5) is 12.2. The minimum absolute atomic E-state index is 0.0320. The van der Waals surface area contributed by atoms with E-state index in [2.05, 4.69) is 5.32 Å². The molecule has 19 heavy (non-hydrogen) atoms. The molecule has 3 nitrogen and oxygen atoms in total. The molecule has 1 atom stereocenters. The van der Waals surface area contributed by atoms with E-state index in [1.807, 2.05) is 31.2 Å². The molecule has 1 aliphatic rings. The minimum atomic E-state index is 0.0320. The van der Waals surface area contributed by atoms with Gasteiger partial charge in [0.05, 0.1) is 13.2 Å². The third-order valence-corrected chi connectivity index (χ3v) is 3.93. The fourth-order valence-electron chi connectivity index (χ4n) is 2.69. The second-order valence-electron chi connectivity index (χ2n) is 5.34. The number of carbonyl (C=O) groups excluding carboxylic acids is 1. The van der Waals surface area contributed by atoms with Gasteiger partial charge >= 0.3 is 0 Å². The van der Waals surface area contributed by atoms with E-state index >= 15 is 0 Å². The Morgan fingerprint density at radius 1 is 1.32 bits per heavy atom. The molecule has 0 saturated heterocycles. The second-order valence-corrected chi connectivity index (χ2v) is 5.34. The van der Waals surface area contributed by atoms with E-state index in [9.17, 15) is 4.79 Å². The van der Waals surface area contributed by atoms with Gasteiger partial charge in [-0.1, -0.05) is 31.4 Å². The molecule has 1 saturated carbocycles. The third-order valence-electron chi connectivity index (χ3n) is 3.93. The molecule has 0 unspecified atom stereocenters. The van der Waals surface area contributed by atoms with Crippen LogP contribution < -0.4 is 10.1 Å². The summed E-state index contributed by atoms with van der Waals surface area (Å²) < 4.78 is 5.21. The van der Waals surface area contributed by atoms with E-state index < -0.39 is 0 Å². The van der Waals surface area contributed by atoms with E-state index in [1.54, 1.807) is 7.11 Å². The monoisotopic (exact) mass is 261 g/mol. The molecule has 0 bridgehead atoms. The predicted octanol–water partition coefficient (Wildman–Crippen LogP) is 3.45. The highest BCUT2D eigenvalue weighted by molar-refractivity contribution is 5.79. The molecule has 0 heterocycles. The molecular weight excluding hydrogens is 238 g/mol. The number of nitrogens with one attached hydrogen (secondary N) is 1. The van der Waals surface area contributed by atoms with E-state index in [0.717, 1.165) is 24.2 Å². The van der Waals surface area contributed by atoms with Gasteiger partial charge in [0.25, 0.3) is 0 Å². The van der Waals surface area contributed by atoms with Gasteiger partial charge in [-0.05, 0) is 37.5 Å². The average molecular weight is 261 g/mol. The van der Waals surface area contributed by atoms with Gasteiger partial charge in [-0.25, -0.2) is 0 Å². The first-order chi connectivity index (χ1) is 9.20. The lowest BCUT2D eigenvalue weighted by atomic mass is 9.88. The zero-order valence-electron chi connectivity index (χ0n) is 11.8. The van der Waals surface area contributed by atoms with Gasteiger partial charge in [0.15, 0.2) is 0 Å². The molecule has 2 rings (SSSR count). The molecule has 104 valence electrons. The van der Waals surface area contributed by atoms with Crippen molar-refractivity contribution in [1.29, 1.82) is 0 Å². The largest absolute Gasteiger partial charge is 0.497 e. The van der Waals surface area contributed by atoms with E-state index in [-0.39, 0.29) is 17.9 Å². The lowest BCUT2D eigenvalue weighted by Gasteiger charge is -2.23. The maximum atomic E-state index is 12.2. The van der Waals surface area contributed by atoms with Crippen LogP contribution in [-0.4, -0.2) is 13.0 Å². The van der Waals surface area contributed by atoms with Crippen LogP contribution in [0.3, 0.4) is 0 Å². The SMILES string of the molecule is COc1cccc([C@H](C)NC(=O)C2CCCCC2)c1. The van der Waals surface area contributed by atoms with Crippen molar-refractivity contribution < 1.29 is 9.53 Å². The summed E-state index contributed by atoms with van der Waals surface area (Å²) in [5.74, 6) is 1.24. The van der Waals surface area contributed by atoms with Crippen LogP contribution in [-0.2, 0) is 4.79 Å². The highest BCUT2D eigenvalue weighted by Gasteiger charge is 2.22. The summed E-state index contributed by atoms with van der Waals surface area (Å²) in [5.41, 5.74) is 1.09. The number of carbonyl (C=O) groups is 1. The Morgan fingerprint density at radius 3 is 2.74 bits per heavy atom. The van der Waals surface area contributed by atoms with Crippen LogP contribution in [0.2, 0.25) is 0 Å². The van der Waals surface area contributed by atoms with Gasteiger partial charge in [0.1, 0.15) is 5.75 Å². The first-order valence-electron chi connectivity index (χ1n) is 7.15. The topological polar surface area (TPSA) is 38.3 Å². The molecule has 0 spiro atoms. The van der Waals surface area contributed by atoms with Crippen molar-refractivity contribution in [3.8, 4) is 5.75 Å². The Labute approximate surface area is 115 Å². The van der Waals surface area contributed by atoms with Crippen molar-refractivity contribution in [1.82, 2.24) is 5.32 Å². The van der Waals surface area contributed by atoms with Gasteiger partial charge in [0, 0.05) is 5.92 Å². The van der Waals surface area contributed by atoms with Gasteiger partial charge in [-0.2, -0.15) is 0 Å². The number of methoxy groups -OCH3 is 1. The van der Waals surface area contributed by atoms with Crippen LogP contribution >= 0.6 is 0 Å². The molecule has 1 N–H and O–H groups in total. The summed E-state index contributed by atoms with van der Waals surface area (Å²) >= 11 is 0. The number of hydrogen-bond acceptors (Lipinski definition) is 2. The standard InChI is InChI=1S/C16H23NO2/c1-12(14-9-6-10-15(11-14)19-2)17-16(18)13-7-4-3-5-8-13/h6,9-13H,3-5,7-8H2,1-2H3,(H,17,18)/t12-/m0/s1. The van der Waals surface area contributed by atoms with E-state index in [0.29, 0.717) is 0 Å². The van der Waals surface area contributed by atoms with Crippen LogP contribution in [0, 0.1) is 5.92 Å². The summed E-state index contributed by atoms with van der Waals surface area (Å²) in [5, 5.41) is 3.12. The molecule has 3 heteroatoms. The van der Waals surface area contributed by atoms with Gasteiger partial charge in [0.2, 0.25) is 5.91 Å². The number of ether oxygens (including phenoxy) is 1. The van der Waals surface area contributed by atoms with Crippen molar-refractivity contribution >= 4 is 5.91 Å². The molecule has 0 aromatic heterocycles. The van der Waals surface area contributed by atoms with E-state index in [1.165, 1.54) is 19.3 Å². The number of amides is 1. The normalized spacial score (nSPS) is 17.8. The highest BCUT2D eigenvalue weighted by Crippen LogP contribution is 2.25.